The molecule has 7 heteroatoms. The number of nitrogens with zero attached hydrogens (tertiary/aromatic N) is 3. The molecule has 0 aliphatic carbocycles. The Hall–Kier alpha value is -1.50. The number of aryl methyl sites for hydroxylation is 3. The van der Waals surface area contributed by atoms with E-state index < -0.39 is 6.61 Å². The highest BCUT2D eigenvalue weighted by atomic mass is 79.9. The molecule has 0 fully saturated rings. The fourth-order valence-corrected chi connectivity index (χ4v) is 2.43. The fraction of sp³-hybridized carbons (Fsp3) is 0.385. The highest BCUT2D eigenvalue weighted by Crippen LogP contribution is 2.32. The molecule has 0 aromatic carbocycles. The molecular weight excluding hydrogens is 332 g/mol. The van der Waals surface area contributed by atoms with Crippen molar-refractivity contribution in [3.8, 4) is 17.3 Å². The van der Waals surface area contributed by atoms with Gasteiger partial charge in [-0.2, -0.15) is 13.9 Å². The van der Waals surface area contributed by atoms with Gasteiger partial charge < -0.3 is 4.74 Å². The zero-order valence-electron chi connectivity index (χ0n) is 11.5. The molecule has 0 saturated carbocycles. The zero-order chi connectivity index (χ0) is 15.0. The zero-order valence-corrected chi connectivity index (χ0v) is 13.1. The molecule has 0 radical (unpaired) electrons. The number of alkyl halides is 2. The lowest BCUT2D eigenvalue weighted by Crippen LogP contribution is -2.06. The normalized spacial score (nSPS) is 11.2. The smallest absolute Gasteiger partial charge is 0.388 e. The van der Waals surface area contributed by atoms with Crippen LogP contribution in [0.15, 0.2) is 10.5 Å². The first-order valence-electron chi connectivity index (χ1n) is 5.93. The summed E-state index contributed by atoms with van der Waals surface area (Å²) in [6.07, 6.45) is 0. The first-order valence-corrected chi connectivity index (χ1v) is 6.73. The van der Waals surface area contributed by atoms with Crippen molar-refractivity contribution in [2.75, 3.05) is 0 Å². The van der Waals surface area contributed by atoms with Crippen molar-refractivity contribution >= 4 is 15.9 Å². The van der Waals surface area contributed by atoms with Gasteiger partial charge in [0.05, 0.1) is 11.4 Å². The Kier molecular flexibility index (Phi) is 4.08. The molecule has 0 saturated heterocycles. The van der Waals surface area contributed by atoms with Crippen LogP contribution in [0.4, 0.5) is 8.78 Å². The minimum absolute atomic E-state index is 0.0526. The van der Waals surface area contributed by atoms with Crippen LogP contribution in [0.1, 0.15) is 16.8 Å². The maximum absolute atomic E-state index is 12.4. The fourth-order valence-electron chi connectivity index (χ4n) is 2.00. The molecule has 0 amide bonds. The van der Waals surface area contributed by atoms with E-state index in [1.165, 1.54) is 4.68 Å². The van der Waals surface area contributed by atoms with Gasteiger partial charge in [0, 0.05) is 17.1 Å². The Morgan fingerprint density at radius 2 is 1.90 bits per heavy atom. The number of hydrogen-bond acceptors (Lipinski definition) is 3. The maximum Gasteiger partial charge on any atom is 0.388 e. The molecule has 108 valence electrons. The summed E-state index contributed by atoms with van der Waals surface area (Å²) in [4.78, 5) is 4.47. The second-order valence-corrected chi connectivity index (χ2v) is 5.36. The predicted molar refractivity (Wildman–Crippen MR) is 75.0 cm³/mol. The van der Waals surface area contributed by atoms with E-state index in [1.54, 1.807) is 14.0 Å². The maximum atomic E-state index is 12.4. The third kappa shape index (κ3) is 2.67. The van der Waals surface area contributed by atoms with E-state index in [2.05, 4.69) is 30.7 Å². The van der Waals surface area contributed by atoms with Gasteiger partial charge in [-0.15, -0.1) is 0 Å². The quantitative estimate of drug-likeness (QED) is 0.849. The number of ether oxygens (including phenoxy) is 1. The van der Waals surface area contributed by atoms with Crippen LogP contribution in [0.5, 0.6) is 5.88 Å². The Labute approximate surface area is 123 Å². The lowest BCUT2D eigenvalue weighted by atomic mass is 10.1. The van der Waals surface area contributed by atoms with Gasteiger partial charge in [-0.05, 0) is 48.3 Å². The van der Waals surface area contributed by atoms with E-state index >= 15 is 0 Å². The molecule has 0 unspecified atom stereocenters. The van der Waals surface area contributed by atoms with E-state index in [9.17, 15) is 8.78 Å². The third-order valence-electron chi connectivity index (χ3n) is 2.99. The molecule has 2 heterocycles. The molecule has 0 spiro atoms. The summed E-state index contributed by atoms with van der Waals surface area (Å²) < 4.78 is 31.5. The SMILES string of the molecule is Cc1cc(Br)c(C)nc1-c1nn(C)c(OC(F)F)c1C. The van der Waals surface area contributed by atoms with Crippen molar-refractivity contribution < 1.29 is 13.5 Å². The van der Waals surface area contributed by atoms with Crippen LogP contribution < -0.4 is 4.74 Å². The average Bonchev–Trinajstić information content (AvgIpc) is 2.61. The minimum atomic E-state index is -2.88. The molecule has 0 N–H and O–H groups in total. The van der Waals surface area contributed by atoms with Crippen LogP contribution in [-0.4, -0.2) is 21.4 Å². The Morgan fingerprint density at radius 1 is 1.25 bits per heavy atom. The van der Waals surface area contributed by atoms with Gasteiger partial charge in [0.15, 0.2) is 0 Å². The molecule has 0 bridgehead atoms. The highest BCUT2D eigenvalue weighted by molar-refractivity contribution is 9.10. The number of rotatable bonds is 3. The van der Waals surface area contributed by atoms with Crippen molar-refractivity contribution in [2.24, 2.45) is 7.05 Å². The number of hydrogen-bond donors (Lipinski definition) is 0. The van der Waals surface area contributed by atoms with Gasteiger partial charge >= 0.3 is 6.61 Å². The number of halogens is 3. The van der Waals surface area contributed by atoms with Crippen molar-refractivity contribution in [2.45, 2.75) is 27.4 Å². The topological polar surface area (TPSA) is 39.9 Å². The van der Waals surface area contributed by atoms with E-state index in [1.807, 2.05) is 19.9 Å². The molecule has 0 atom stereocenters. The molecule has 2 rings (SSSR count). The summed E-state index contributed by atoms with van der Waals surface area (Å²) in [7, 11) is 1.56. The second kappa shape index (κ2) is 5.47. The van der Waals surface area contributed by atoms with Crippen molar-refractivity contribution in [1.82, 2.24) is 14.8 Å². The van der Waals surface area contributed by atoms with Crippen LogP contribution in [0.3, 0.4) is 0 Å². The minimum Gasteiger partial charge on any atom is -0.417 e. The van der Waals surface area contributed by atoms with Crippen LogP contribution in [0.2, 0.25) is 0 Å². The van der Waals surface area contributed by atoms with Crippen LogP contribution in [0.25, 0.3) is 11.4 Å². The highest BCUT2D eigenvalue weighted by Gasteiger charge is 2.20. The predicted octanol–water partition coefficient (Wildman–Crippen LogP) is 3.77. The second-order valence-electron chi connectivity index (χ2n) is 4.50. The molecular formula is C13H14BrF2N3O. The largest absolute Gasteiger partial charge is 0.417 e. The van der Waals surface area contributed by atoms with Gasteiger partial charge in [-0.1, -0.05) is 0 Å². The van der Waals surface area contributed by atoms with Gasteiger partial charge in [-0.3, -0.25) is 0 Å². The average molecular weight is 346 g/mol. The Morgan fingerprint density at radius 3 is 2.50 bits per heavy atom. The van der Waals surface area contributed by atoms with Crippen molar-refractivity contribution in [1.29, 1.82) is 0 Å². The van der Waals surface area contributed by atoms with Crippen LogP contribution in [0, 0.1) is 20.8 Å². The van der Waals surface area contributed by atoms with Crippen molar-refractivity contribution in [3.63, 3.8) is 0 Å². The molecule has 2 aromatic rings. The molecule has 2 aromatic heterocycles. The number of aromatic nitrogens is 3. The summed E-state index contributed by atoms with van der Waals surface area (Å²) in [5.74, 6) is 0.0526. The summed E-state index contributed by atoms with van der Waals surface area (Å²) in [6.45, 7) is 2.58. The Bertz CT molecular complexity index is 656. The lowest BCUT2D eigenvalue weighted by Gasteiger charge is -2.07. The van der Waals surface area contributed by atoms with E-state index in [0.29, 0.717) is 17.0 Å². The van der Waals surface area contributed by atoms with E-state index in [4.69, 9.17) is 0 Å². The van der Waals surface area contributed by atoms with Crippen LogP contribution in [-0.2, 0) is 7.05 Å². The standard InChI is InChI=1S/C13H14BrF2N3O/c1-6-5-9(14)8(3)17-10(6)11-7(2)12(19(4)18-11)20-13(15)16/h5,13H,1-4H3. The third-order valence-corrected chi connectivity index (χ3v) is 3.79. The monoisotopic (exact) mass is 345 g/mol. The first-order chi connectivity index (χ1) is 9.31. The van der Waals surface area contributed by atoms with Gasteiger partial charge in [0.1, 0.15) is 5.69 Å². The molecule has 0 aliphatic rings. The van der Waals surface area contributed by atoms with Crippen LogP contribution >= 0.6 is 15.9 Å². The first kappa shape index (κ1) is 14.9. The molecule has 4 nitrogen and oxygen atoms in total. The van der Waals surface area contributed by atoms with Gasteiger partial charge in [0.2, 0.25) is 5.88 Å². The Balaban J connectivity index is 2.57. The van der Waals surface area contributed by atoms with E-state index in [0.717, 1.165) is 15.7 Å². The number of pyridine rings is 1. The molecule has 0 aliphatic heterocycles. The van der Waals surface area contributed by atoms with Gasteiger partial charge in [-0.25, -0.2) is 9.67 Å². The van der Waals surface area contributed by atoms with E-state index in [-0.39, 0.29) is 5.88 Å². The van der Waals surface area contributed by atoms with Crippen molar-refractivity contribution in [3.05, 3.63) is 27.4 Å². The summed E-state index contributed by atoms with van der Waals surface area (Å²) in [5.41, 5.74) is 3.49. The summed E-state index contributed by atoms with van der Waals surface area (Å²) >= 11 is 3.41. The lowest BCUT2D eigenvalue weighted by molar-refractivity contribution is -0.0557. The van der Waals surface area contributed by atoms with Gasteiger partial charge in [0.25, 0.3) is 0 Å². The summed E-state index contributed by atoms with van der Waals surface area (Å²) in [5, 5.41) is 4.25. The summed E-state index contributed by atoms with van der Waals surface area (Å²) in [6, 6.07) is 1.93. The molecule has 20 heavy (non-hydrogen) atoms.